The maximum atomic E-state index is 12.7. The van der Waals surface area contributed by atoms with Crippen molar-refractivity contribution in [1.82, 2.24) is 14.7 Å². The van der Waals surface area contributed by atoms with Gasteiger partial charge in [-0.2, -0.15) is 0 Å². The summed E-state index contributed by atoms with van der Waals surface area (Å²) in [5.74, 6) is 1.30. The lowest BCUT2D eigenvalue weighted by Crippen LogP contribution is -2.43. The number of aryl methyl sites for hydroxylation is 1. The minimum atomic E-state index is -0.361. The fraction of sp³-hybridized carbons (Fsp3) is 0.375. The van der Waals surface area contributed by atoms with Crippen LogP contribution in [0.3, 0.4) is 0 Å². The maximum Gasteiger partial charge on any atom is 0.273 e. The van der Waals surface area contributed by atoms with Crippen LogP contribution in [0.4, 0.5) is 0 Å². The number of H-pyrrole nitrogens is 1. The lowest BCUT2D eigenvalue weighted by molar-refractivity contribution is -0.133. The summed E-state index contributed by atoms with van der Waals surface area (Å²) in [5.41, 5.74) is 0.581. The summed E-state index contributed by atoms with van der Waals surface area (Å²) in [4.78, 5) is 39.4. The number of rotatable bonds is 6. The number of carbonyl (C=O) groups excluding carboxylic acids is 1. The first kappa shape index (κ1) is 20.9. The summed E-state index contributed by atoms with van der Waals surface area (Å²) < 4.78 is 6.32. The third-order valence-corrected chi connectivity index (χ3v) is 6.14. The van der Waals surface area contributed by atoms with Gasteiger partial charge in [0, 0.05) is 13.1 Å². The Kier molecular flexibility index (Phi) is 6.21. The number of nitrogens with zero attached hydrogens (tertiary/aromatic N) is 2. The Morgan fingerprint density at radius 2 is 1.71 bits per heavy atom. The Bertz CT molecular complexity index is 1170. The first-order valence-corrected chi connectivity index (χ1v) is 10.7. The molecule has 31 heavy (non-hydrogen) atoms. The molecule has 0 unspecified atom stereocenters. The highest BCUT2D eigenvalue weighted by Crippen LogP contribution is 2.23. The molecule has 0 spiro atoms. The SMILES string of the molecule is COc1ccc(CCC2CCN(C(=O)Cn3[nH]c(=O)c4ccccc4c3=O)CC2)cc1. The van der Waals surface area contributed by atoms with Crippen molar-refractivity contribution < 1.29 is 9.53 Å². The zero-order chi connectivity index (χ0) is 21.8. The van der Waals surface area contributed by atoms with E-state index in [-0.39, 0.29) is 23.6 Å². The van der Waals surface area contributed by atoms with Crippen LogP contribution in [-0.4, -0.2) is 40.8 Å². The van der Waals surface area contributed by atoms with Gasteiger partial charge >= 0.3 is 0 Å². The molecule has 2 aromatic carbocycles. The Morgan fingerprint density at radius 1 is 1.03 bits per heavy atom. The molecule has 0 radical (unpaired) electrons. The first-order valence-electron chi connectivity index (χ1n) is 10.7. The van der Waals surface area contributed by atoms with Crippen LogP contribution in [0.25, 0.3) is 10.8 Å². The number of benzene rings is 2. The molecular formula is C24H27N3O4. The van der Waals surface area contributed by atoms with Gasteiger partial charge in [-0.15, -0.1) is 0 Å². The van der Waals surface area contributed by atoms with Crippen molar-refractivity contribution in [3.05, 3.63) is 74.8 Å². The van der Waals surface area contributed by atoms with Crippen LogP contribution in [0.2, 0.25) is 0 Å². The van der Waals surface area contributed by atoms with Crippen molar-refractivity contribution in [2.24, 2.45) is 5.92 Å². The predicted octanol–water partition coefficient (Wildman–Crippen LogP) is 2.57. The molecule has 3 aromatic rings. The van der Waals surface area contributed by atoms with Gasteiger partial charge in [-0.05, 0) is 61.4 Å². The number of methoxy groups -OCH3 is 1. The molecule has 0 aliphatic carbocycles. The fourth-order valence-corrected chi connectivity index (χ4v) is 4.23. The zero-order valence-corrected chi connectivity index (χ0v) is 17.7. The van der Waals surface area contributed by atoms with E-state index in [1.807, 2.05) is 12.1 Å². The van der Waals surface area contributed by atoms with E-state index in [1.165, 1.54) is 5.56 Å². The van der Waals surface area contributed by atoms with E-state index in [2.05, 4.69) is 17.2 Å². The number of fused-ring (bicyclic) bond motifs is 1. The lowest BCUT2D eigenvalue weighted by atomic mass is 9.90. The average Bonchev–Trinajstić information content (AvgIpc) is 2.81. The molecule has 1 N–H and O–H groups in total. The molecular weight excluding hydrogens is 394 g/mol. The molecule has 0 atom stereocenters. The van der Waals surface area contributed by atoms with Crippen LogP contribution in [0.15, 0.2) is 58.1 Å². The lowest BCUT2D eigenvalue weighted by Gasteiger charge is -2.32. The molecule has 162 valence electrons. The Labute approximate surface area is 180 Å². The Hall–Kier alpha value is -3.35. The highest BCUT2D eigenvalue weighted by atomic mass is 16.5. The number of carbonyl (C=O) groups is 1. The van der Waals surface area contributed by atoms with Gasteiger partial charge in [0.1, 0.15) is 12.3 Å². The zero-order valence-electron chi connectivity index (χ0n) is 17.7. The smallest absolute Gasteiger partial charge is 0.273 e. The summed E-state index contributed by atoms with van der Waals surface area (Å²) >= 11 is 0. The summed E-state index contributed by atoms with van der Waals surface area (Å²) in [6.07, 6.45) is 4.00. The average molecular weight is 421 g/mol. The summed E-state index contributed by atoms with van der Waals surface area (Å²) in [5, 5.41) is 3.21. The van der Waals surface area contributed by atoms with Crippen molar-refractivity contribution in [2.45, 2.75) is 32.2 Å². The molecule has 1 fully saturated rings. The molecule has 1 aliphatic rings. The molecule has 7 heteroatoms. The number of hydrogen-bond acceptors (Lipinski definition) is 4. The van der Waals surface area contributed by atoms with E-state index in [0.717, 1.165) is 36.1 Å². The highest BCUT2D eigenvalue weighted by Gasteiger charge is 2.23. The third-order valence-electron chi connectivity index (χ3n) is 6.14. The van der Waals surface area contributed by atoms with Gasteiger partial charge in [0.15, 0.2) is 0 Å². The molecule has 2 heterocycles. The second-order valence-corrected chi connectivity index (χ2v) is 8.09. The van der Waals surface area contributed by atoms with Crippen LogP contribution in [0.5, 0.6) is 5.75 Å². The minimum Gasteiger partial charge on any atom is -0.497 e. The Balaban J connectivity index is 1.32. The number of ether oxygens (including phenoxy) is 1. The van der Waals surface area contributed by atoms with E-state index in [4.69, 9.17) is 4.74 Å². The van der Waals surface area contributed by atoms with Crippen molar-refractivity contribution in [2.75, 3.05) is 20.2 Å². The van der Waals surface area contributed by atoms with Gasteiger partial charge in [0.2, 0.25) is 5.91 Å². The largest absolute Gasteiger partial charge is 0.497 e. The van der Waals surface area contributed by atoms with Gasteiger partial charge < -0.3 is 9.64 Å². The van der Waals surface area contributed by atoms with Crippen LogP contribution < -0.4 is 15.9 Å². The van der Waals surface area contributed by atoms with Gasteiger partial charge in [-0.3, -0.25) is 19.5 Å². The molecule has 4 rings (SSSR count). The molecule has 1 aliphatic heterocycles. The van der Waals surface area contributed by atoms with Crippen molar-refractivity contribution in [1.29, 1.82) is 0 Å². The van der Waals surface area contributed by atoms with Crippen LogP contribution in [0.1, 0.15) is 24.8 Å². The van der Waals surface area contributed by atoms with Gasteiger partial charge in [-0.1, -0.05) is 24.3 Å². The number of nitrogens with one attached hydrogen (secondary N) is 1. The normalized spacial score (nSPS) is 14.7. The minimum absolute atomic E-state index is 0.137. The number of hydrogen-bond donors (Lipinski definition) is 1. The maximum absolute atomic E-state index is 12.7. The summed E-state index contributed by atoms with van der Waals surface area (Å²) in [7, 11) is 1.66. The number of aromatic nitrogens is 2. The van der Waals surface area contributed by atoms with Gasteiger partial charge in [0.25, 0.3) is 11.1 Å². The molecule has 1 aromatic heterocycles. The van der Waals surface area contributed by atoms with E-state index in [1.54, 1.807) is 36.3 Å². The van der Waals surface area contributed by atoms with E-state index >= 15 is 0 Å². The van der Waals surface area contributed by atoms with E-state index in [9.17, 15) is 14.4 Å². The van der Waals surface area contributed by atoms with Crippen LogP contribution in [-0.2, 0) is 17.8 Å². The number of aromatic amines is 1. The fourth-order valence-electron chi connectivity index (χ4n) is 4.23. The quantitative estimate of drug-likeness (QED) is 0.663. The highest BCUT2D eigenvalue weighted by molar-refractivity contribution is 5.81. The predicted molar refractivity (Wildman–Crippen MR) is 119 cm³/mol. The first-order chi connectivity index (χ1) is 15.0. The Morgan fingerprint density at radius 3 is 2.39 bits per heavy atom. The molecule has 1 saturated heterocycles. The third kappa shape index (κ3) is 4.71. The van der Waals surface area contributed by atoms with Crippen molar-refractivity contribution in [3.8, 4) is 5.75 Å². The number of piperidine rings is 1. The summed E-state index contributed by atoms with van der Waals surface area (Å²) in [6, 6.07) is 14.8. The molecule has 0 saturated carbocycles. The summed E-state index contributed by atoms with van der Waals surface area (Å²) in [6.45, 7) is 1.22. The second kappa shape index (κ2) is 9.20. The van der Waals surface area contributed by atoms with Crippen LogP contribution >= 0.6 is 0 Å². The van der Waals surface area contributed by atoms with E-state index in [0.29, 0.717) is 29.8 Å². The molecule has 0 bridgehead atoms. The van der Waals surface area contributed by atoms with E-state index < -0.39 is 0 Å². The number of likely N-dealkylation sites (tertiary alicyclic amines) is 1. The topological polar surface area (TPSA) is 84.4 Å². The van der Waals surface area contributed by atoms with Crippen molar-refractivity contribution >= 4 is 16.7 Å². The standard InChI is InChI=1S/C24H27N3O4/c1-31-19-10-8-17(9-11-19)6-7-18-12-14-26(15-13-18)22(28)16-27-24(30)21-5-3-2-4-20(21)23(29)25-27/h2-5,8-11,18H,6-7,12-16H2,1H3,(H,25,29). The number of amides is 1. The van der Waals surface area contributed by atoms with Crippen LogP contribution in [0, 0.1) is 5.92 Å². The monoisotopic (exact) mass is 421 g/mol. The second-order valence-electron chi connectivity index (χ2n) is 8.09. The molecule has 7 nitrogen and oxygen atoms in total. The van der Waals surface area contributed by atoms with Crippen molar-refractivity contribution in [3.63, 3.8) is 0 Å². The molecule has 1 amide bonds. The van der Waals surface area contributed by atoms with Gasteiger partial charge in [0.05, 0.1) is 17.9 Å². The van der Waals surface area contributed by atoms with Gasteiger partial charge in [-0.25, -0.2) is 4.68 Å².